The highest BCUT2D eigenvalue weighted by Gasteiger charge is 2.52. The summed E-state index contributed by atoms with van der Waals surface area (Å²) < 4.78 is 4.94. The largest absolute Gasteiger partial charge is 0.453 e. The maximum Gasteiger partial charge on any atom is 0.407 e. The van der Waals surface area contributed by atoms with E-state index in [9.17, 15) is 10.1 Å². The molecular formula is C36H42N4O2S. The lowest BCUT2D eigenvalue weighted by Gasteiger charge is -2.48. The van der Waals surface area contributed by atoms with Crippen LogP contribution in [0.1, 0.15) is 37.7 Å². The molecule has 43 heavy (non-hydrogen) atoms. The number of amides is 1. The third-order valence-corrected chi connectivity index (χ3v) is 10.9. The molecule has 7 heteroatoms. The third kappa shape index (κ3) is 6.41. The molecule has 1 aliphatic carbocycles. The zero-order valence-electron chi connectivity index (χ0n) is 25.0. The molecule has 224 valence electrons. The minimum atomic E-state index is -0.617. The highest BCUT2D eigenvalue weighted by atomic mass is 32.2. The van der Waals surface area contributed by atoms with E-state index >= 15 is 0 Å². The lowest BCUT2D eigenvalue weighted by atomic mass is 9.59. The predicted molar refractivity (Wildman–Crippen MR) is 172 cm³/mol. The van der Waals surface area contributed by atoms with E-state index in [1.165, 1.54) is 22.6 Å². The Balaban J connectivity index is 1.05. The number of hydrogen-bond acceptors (Lipinski definition) is 6. The number of nitrogens with zero attached hydrogens (tertiary/aromatic N) is 3. The zero-order chi connectivity index (χ0) is 29.6. The number of alkyl carbamates (subject to hydrolysis) is 1. The van der Waals surface area contributed by atoms with Gasteiger partial charge in [-0.1, -0.05) is 66.7 Å². The Labute approximate surface area is 260 Å². The molecule has 1 amide bonds. The molecule has 6 rings (SSSR count). The van der Waals surface area contributed by atoms with Crippen LogP contribution in [-0.2, 0) is 10.2 Å². The van der Waals surface area contributed by atoms with Gasteiger partial charge in [0.25, 0.3) is 0 Å². The fourth-order valence-corrected chi connectivity index (χ4v) is 8.61. The van der Waals surface area contributed by atoms with Gasteiger partial charge in [-0.25, -0.2) is 4.79 Å². The molecular weight excluding hydrogens is 552 g/mol. The van der Waals surface area contributed by atoms with Crippen molar-refractivity contribution in [2.24, 2.45) is 17.8 Å². The van der Waals surface area contributed by atoms with Crippen LogP contribution in [0.15, 0.2) is 94.7 Å². The minimum Gasteiger partial charge on any atom is -0.453 e. The van der Waals surface area contributed by atoms with Gasteiger partial charge >= 0.3 is 6.09 Å². The molecule has 3 aliphatic rings. The van der Waals surface area contributed by atoms with Gasteiger partial charge in [0, 0.05) is 53.0 Å². The molecule has 3 atom stereocenters. The van der Waals surface area contributed by atoms with Gasteiger partial charge < -0.3 is 19.9 Å². The number of methoxy groups -OCH3 is 1. The van der Waals surface area contributed by atoms with E-state index in [0.717, 1.165) is 70.4 Å². The van der Waals surface area contributed by atoms with Gasteiger partial charge in [0.2, 0.25) is 0 Å². The number of piperidine rings is 1. The minimum absolute atomic E-state index is 0.0442. The van der Waals surface area contributed by atoms with Crippen molar-refractivity contribution in [2.45, 2.75) is 53.4 Å². The maximum atomic E-state index is 12.2. The summed E-state index contributed by atoms with van der Waals surface area (Å²) >= 11 is 1.80. The van der Waals surface area contributed by atoms with Crippen LogP contribution in [0.3, 0.4) is 0 Å². The smallest absolute Gasteiger partial charge is 0.407 e. The van der Waals surface area contributed by atoms with Crippen LogP contribution in [0.25, 0.3) is 0 Å². The van der Waals surface area contributed by atoms with E-state index in [1.54, 1.807) is 11.8 Å². The number of hydrogen-bond donors (Lipinski definition) is 1. The van der Waals surface area contributed by atoms with Crippen molar-refractivity contribution in [3.05, 3.63) is 90.5 Å². The molecule has 0 aromatic heterocycles. The van der Waals surface area contributed by atoms with E-state index in [1.807, 2.05) is 18.2 Å². The average Bonchev–Trinajstić information content (AvgIpc) is 3.50. The van der Waals surface area contributed by atoms with E-state index < -0.39 is 11.5 Å². The summed E-state index contributed by atoms with van der Waals surface area (Å²) in [6.07, 6.45) is 4.45. The van der Waals surface area contributed by atoms with Crippen molar-refractivity contribution in [3.8, 4) is 6.07 Å². The van der Waals surface area contributed by atoms with Crippen molar-refractivity contribution in [1.29, 1.82) is 5.26 Å². The summed E-state index contributed by atoms with van der Waals surface area (Å²) in [6.45, 7) is 5.35. The fraction of sp³-hybridized carbons (Fsp3) is 0.444. The topological polar surface area (TPSA) is 68.6 Å². The van der Waals surface area contributed by atoms with Crippen LogP contribution < -0.4 is 10.2 Å². The summed E-state index contributed by atoms with van der Waals surface area (Å²) in [7, 11) is 1.41. The highest BCUT2D eigenvalue weighted by molar-refractivity contribution is 7.99. The quantitative estimate of drug-likeness (QED) is 0.289. The molecule has 2 heterocycles. The van der Waals surface area contributed by atoms with Gasteiger partial charge in [0.15, 0.2) is 0 Å². The van der Waals surface area contributed by atoms with Crippen LogP contribution in [0, 0.1) is 29.1 Å². The van der Waals surface area contributed by atoms with Gasteiger partial charge in [-0.2, -0.15) is 5.26 Å². The van der Waals surface area contributed by atoms with Gasteiger partial charge in [0.05, 0.1) is 18.6 Å². The molecule has 2 aliphatic heterocycles. The summed E-state index contributed by atoms with van der Waals surface area (Å²) in [5.74, 6) is 1.01. The number of anilines is 1. The number of carbonyl (C=O) groups is 1. The number of nitrogens with one attached hydrogen (secondary N) is 1. The second-order valence-corrected chi connectivity index (χ2v) is 13.5. The van der Waals surface area contributed by atoms with E-state index in [-0.39, 0.29) is 17.9 Å². The van der Waals surface area contributed by atoms with Crippen molar-refractivity contribution < 1.29 is 9.53 Å². The number of nitriles is 1. The first-order valence-corrected chi connectivity index (χ1v) is 16.5. The average molecular weight is 595 g/mol. The molecule has 1 saturated carbocycles. The molecule has 0 bridgehead atoms. The Hall–Kier alpha value is -3.47. The van der Waals surface area contributed by atoms with Crippen LogP contribution >= 0.6 is 11.8 Å². The van der Waals surface area contributed by atoms with Crippen LogP contribution in [0.2, 0.25) is 0 Å². The molecule has 0 radical (unpaired) electrons. The molecule has 3 aromatic carbocycles. The van der Waals surface area contributed by atoms with Gasteiger partial charge in [-0.15, -0.1) is 0 Å². The van der Waals surface area contributed by atoms with Gasteiger partial charge in [0.1, 0.15) is 0 Å². The maximum absolute atomic E-state index is 12.2. The van der Waals surface area contributed by atoms with Crippen molar-refractivity contribution in [1.82, 2.24) is 10.2 Å². The van der Waals surface area contributed by atoms with Crippen LogP contribution in [0.4, 0.5) is 10.5 Å². The van der Waals surface area contributed by atoms with Gasteiger partial charge in [-0.3, -0.25) is 0 Å². The first-order valence-electron chi connectivity index (χ1n) is 15.7. The normalized spacial score (nSPS) is 22.7. The number of benzene rings is 3. The summed E-state index contributed by atoms with van der Waals surface area (Å²) in [6, 6.07) is 32.7. The predicted octanol–water partition coefficient (Wildman–Crippen LogP) is 6.97. The second kappa shape index (κ2) is 13.4. The molecule has 6 nitrogen and oxygen atoms in total. The first kappa shape index (κ1) is 29.6. The molecule has 1 N–H and O–H groups in total. The van der Waals surface area contributed by atoms with Gasteiger partial charge in [-0.05, 0) is 86.7 Å². The summed E-state index contributed by atoms with van der Waals surface area (Å²) in [5.41, 5.74) is 1.79. The molecule has 0 spiro atoms. The standard InChI is InChI=1S/C36H42N4O2S/c1-42-35(41)38-34-14-8-13-33(34)36(26-37,28-9-4-2-5-10-28)29-19-21-39(22-20-29)23-27-24-40(25-27)30-15-17-32(18-16-30)43-31-11-6-3-7-12-31/h2-7,9-12,15-18,27,29,33-34H,8,13-14,19-25H2,1H3,(H,38,41). The van der Waals surface area contributed by atoms with Crippen LogP contribution in [-0.4, -0.2) is 56.9 Å². The molecule has 3 fully saturated rings. The van der Waals surface area contributed by atoms with E-state index in [0.29, 0.717) is 5.92 Å². The molecule has 2 saturated heterocycles. The lowest BCUT2D eigenvalue weighted by Crippen LogP contribution is -2.55. The Morgan fingerprint density at radius 2 is 1.58 bits per heavy atom. The summed E-state index contributed by atoms with van der Waals surface area (Å²) in [4.78, 5) is 19.8. The molecule has 3 unspecified atom stereocenters. The monoisotopic (exact) mass is 594 g/mol. The zero-order valence-corrected chi connectivity index (χ0v) is 25.8. The summed E-state index contributed by atoms with van der Waals surface area (Å²) in [5, 5.41) is 14.0. The number of rotatable bonds is 9. The first-order chi connectivity index (χ1) is 21.1. The Morgan fingerprint density at radius 3 is 2.23 bits per heavy atom. The fourth-order valence-electron chi connectivity index (χ4n) is 7.78. The van der Waals surface area contributed by atoms with E-state index in [2.05, 4.69) is 87.9 Å². The Kier molecular flexibility index (Phi) is 9.25. The second-order valence-electron chi connectivity index (χ2n) is 12.4. The SMILES string of the molecule is COC(=O)NC1CCCC1C(C#N)(c1ccccc1)C1CCN(CC2CN(c3ccc(Sc4ccccc4)cc3)C2)CC1. The number of likely N-dealkylation sites (tertiary alicyclic amines) is 1. The molecule has 3 aromatic rings. The van der Waals surface area contributed by atoms with Crippen molar-refractivity contribution in [2.75, 3.05) is 44.7 Å². The number of carbonyl (C=O) groups excluding carboxylic acids is 1. The Morgan fingerprint density at radius 1 is 0.930 bits per heavy atom. The van der Waals surface area contributed by atoms with Crippen molar-refractivity contribution >= 4 is 23.5 Å². The lowest BCUT2D eigenvalue weighted by molar-refractivity contribution is 0.0939. The van der Waals surface area contributed by atoms with Crippen molar-refractivity contribution in [3.63, 3.8) is 0 Å². The number of ether oxygens (including phenoxy) is 1. The third-order valence-electron chi connectivity index (χ3n) is 9.91. The van der Waals surface area contributed by atoms with E-state index in [4.69, 9.17) is 4.74 Å². The highest BCUT2D eigenvalue weighted by Crippen LogP contribution is 2.50. The Bertz CT molecular complexity index is 1380. The van der Waals surface area contributed by atoms with Crippen LogP contribution in [0.5, 0.6) is 0 Å².